The number of benzene rings is 2. The van der Waals surface area contributed by atoms with Crippen molar-refractivity contribution in [2.24, 2.45) is 5.92 Å². The molecule has 220 valence electrons. The molecule has 0 saturated carbocycles. The summed E-state index contributed by atoms with van der Waals surface area (Å²) >= 11 is 0. The Labute approximate surface area is 237 Å². The smallest absolute Gasteiger partial charge is 0.334 e. The van der Waals surface area contributed by atoms with Gasteiger partial charge in [0, 0.05) is 31.3 Å². The van der Waals surface area contributed by atoms with Gasteiger partial charge in [0.05, 0.1) is 31.0 Å². The molecule has 9 nitrogen and oxygen atoms in total. The first kappa shape index (κ1) is 31.7. The summed E-state index contributed by atoms with van der Waals surface area (Å²) in [6.07, 6.45) is 1.23. The van der Waals surface area contributed by atoms with Crippen LogP contribution < -0.4 is 5.32 Å². The molecule has 0 aromatic heterocycles. The SMILES string of the molecule is COC(=O)C(O)C[C@H]1CC[C@@H]([C@H](CCOCc2ccccc2)OC(C)=O)[C@@H](CCCS(=O)(=O)c2ccccc2)N1. The summed E-state index contributed by atoms with van der Waals surface area (Å²) in [6.45, 7) is 2.22. The van der Waals surface area contributed by atoms with Crippen molar-refractivity contribution < 1.29 is 37.3 Å². The number of nitrogens with one attached hydrogen (secondary N) is 1. The molecule has 1 saturated heterocycles. The van der Waals surface area contributed by atoms with Crippen molar-refractivity contribution in [1.29, 1.82) is 0 Å². The van der Waals surface area contributed by atoms with Crippen LogP contribution >= 0.6 is 0 Å². The number of esters is 2. The van der Waals surface area contributed by atoms with Crippen LogP contribution in [0, 0.1) is 5.92 Å². The number of aliphatic hydroxyl groups excluding tert-OH is 1. The Morgan fingerprint density at radius 3 is 2.38 bits per heavy atom. The first-order chi connectivity index (χ1) is 19.2. The van der Waals surface area contributed by atoms with E-state index in [9.17, 15) is 23.1 Å². The topological polar surface area (TPSA) is 128 Å². The van der Waals surface area contributed by atoms with Crippen LogP contribution in [0.4, 0.5) is 0 Å². The van der Waals surface area contributed by atoms with Crippen molar-refractivity contribution >= 4 is 21.8 Å². The van der Waals surface area contributed by atoms with Gasteiger partial charge in [0.2, 0.25) is 0 Å². The third kappa shape index (κ3) is 9.99. The van der Waals surface area contributed by atoms with Crippen LogP contribution in [-0.2, 0) is 40.2 Å². The van der Waals surface area contributed by atoms with E-state index in [1.54, 1.807) is 30.3 Å². The molecule has 1 unspecified atom stereocenters. The molecule has 2 aromatic rings. The Hall–Kier alpha value is -2.79. The van der Waals surface area contributed by atoms with Crippen LogP contribution in [0.1, 0.15) is 51.0 Å². The van der Waals surface area contributed by atoms with Gasteiger partial charge < -0.3 is 24.6 Å². The lowest BCUT2D eigenvalue weighted by atomic mass is 9.79. The van der Waals surface area contributed by atoms with Gasteiger partial charge in [0.1, 0.15) is 6.10 Å². The van der Waals surface area contributed by atoms with E-state index in [4.69, 9.17) is 9.47 Å². The summed E-state index contributed by atoms with van der Waals surface area (Å²) in [7, 11) is -2.21. The number of carbonyl (C=O) groups excluding carboxylic acids is 2. The molecule has 1 heterocycles. The van der Waals surface area contributed by atoms with Gasteiger partial charge in [-0.2, -0.15) is 0 Å². The molecule has 0 radical (unpaired) electrons. The highest BCUT2D eigenvalue weighted by Crippen LogP contribution is 2.31. The van der Waals surface area contributed by atoms with Crippen LogP contribution in [0.2, 0.25) is 0 Å². The molecule has 0 spiro atoms. The van der Waals surface area contributed by atoms with E-state index in [0.717, 1.165) is 5.56 Å². The fraction of sp³-hybridized carbons (Fsp3) is 0.533. The van der Waals surface area contributed by atoms with E-state index in [-0.39, 0.29) is 41.0 Å². The molecule has 3 rings (SSSR count). The quantitative estimate of drug-likeness (QED) is 0.242. The molecule has 2 N–H and O–H groups in total. The highest BCUT2D eigenvalue weighted by Gasteiger charge is 2.37. The maximum Gasteiger partial charge on any atom is 0.334 e. The van der Waals surface area contributed by atoms with Crippen molar-refractivity contribution in [3.63, 3.8) is 0 Å². The van der Waals surface area contributed by atoms with Crippen molar-refractivity contribution in [2.45, 2.75) is 81.2 Å². The number of rotatable bonds is 15. The van der Waals surface area contributed by atoms with Gasteiger partial charge >= 0.3 is 11.9 Å². The van der Waals surface area contributed by atoms with E-state index in [0.29, 0.717) is 45.3 Å². The predicted molar refractivity (Wildman–Crippen MR) is 150 cm³/mol. The summed E-state index contributed by atoms with van der Waals surface area (Å²) < 4.78 is 42.0. The van der Waals surface area contributed by atoms with Crippen LogP contribution in [-0.4, -0.2) is 69.2 Å². The summed E-state index contributed by atoms with van der Waals surface area (Å²) in [4.78, 5) is 24.1. The minimum atomic E-state index is -3.44. The first-order valence-corrected chi connectivity index (χ1v) is 15.4. The maximum atomic E-state index is 12.9. The fourth-order valence-electron chi connectivity index (χ4n) is 5.31. The Morgan fingerprint density at radius 2 is 1.73 bits per heavy atom. The summed E-state index contributed by atoms with van der Waals surface area (Å²) in [5.41, 5.74) is 1.05. The minimum Gasteiger partial charge on any atom is -0.467 e. The van der Waals surface area contributed by atoms with Crippen LogP contribution in [0.5, 0.6) is 0 Å². The van der Waals surface area contributed by atoms with E-state index < -0.39 is 28.0 Å². The molecule has 5 atom stereocenters. The second kappa shape index (κ2) is 15.9. The first-order valence-electron chi connectivity index (χ1n) is 13.8. The summed E-state index contributed by atoms with van der Waals surface area (Å²) in [5.74, 6) is -1.19. The summed E-state index contributed by atoms with van der Waals surface area (Å²) in [5, 5.41) is 13.7. The number of aliphatic hydroxyl groups is 1. The van der Waals surface area contributed by atoms with E-state index in [1.165, 1.54) is 14.0 Å². The average molecular weight is 576 g/mol. The number of sulfone groups is 1. The highest BCUT2D eigenvalue weighted by atomic mass is 32.2. The number of hydrogen-bond donors (Lipinski definition) is 2. The van der Waals surface area contributed by atoms with Crippen molar-refractivity contribution in [3.8, 4) is 0 Å². The van der Waals surface area contributed by atoms with Gasteiger partial charge in [-0.3, -0.25) is 4.79 Å². The van der Waals surface area contributed by atoms with Crippen molar-refractivity contribution in [2.75, 3.05) is 19.5 Å². The normalized spacial score (nSPS) is 20.8. The van der Waals surface area contributed by atoms with Gasteiger partial charge in [-0.05, 0) is 49.8 Å². The third-order valence-corrected chi connectivity index (χ3v) is 9.10. The number of carbonyl (C=O) groups is 2. The predicted octanol–water partition coefficient (Wildman–Crippen LogP) is 3.44. The second-order valence-corrected chi connectivity index (χ2v) is 12.3. The molecular formula is C30H41NO8S. The van der Waals surface area contributed by atoms with Crippen molar-refractivity contribution in [1.82, 2.24) is 5.32 Å². The molecule has 1 aliphatic heterocycles. The molecule has 10 heteroatoms. The molecule has 0 amide bonds. The molecule has 2 aromatic carbocycles. The van der Waals surface area contributed by atoms with Gasteiger partial charge in [0.25, 0.3) is 0 Å². The zero-order chi connectivity index (χ0) is 29.0. The second-order valence-electron chi connectivity index (χ2n) is 10.2. The lowest BCUT2D eigenvalue weighted by molar-refractivity contribution is -0.153. The average Bonchev–Trinajstić information content (AvgIpc) is 2.95. The fourth-order valence-corrected chi connectivity index (χ4v) is 6.67. The van der Waals surface area contributed by atoms with Crippen LogP contribution in [0.25, 0.3) is 0 Å². The van der Waals surface area contributed by atoms with Gasteiger partial charge in [-0.25, -0.2) is 13.2 Å². The zero-order valence-electron chi connectivity index (χ0n) is 23.2. The Bertz CT molecular complexity index is 1160. The molecule has 0 aliphatic carbocycles. The van der Waals surface area contributed by atoms with E-state index in [1.807, 2.05) is 30.3 Å². The summed E-state index contributed by atoms with van der Waals surface area (Å²) in [6, 6.07) is 17.8. The highest BCUT2D eigenvalue weighted by molar-refractivity contribution is 7.91. The van der Waals surface area contributed by atoms with E-state index in [2.05, 4.69) is 10.1 Å². The van der Waals surface area contributed by atoms with Gasteiger partial charge in [-0.15, -0.1) is 0 Å². The molecular weight excluding hydrogens is 534 g/mol. The van der Waals surface area contributed by atoms with Gasteiger partial charge in [0.15, 0.2) is 15.9 Å². The number of piperidine rings is 1. The minimum absolute atomic E-state index is 0.0181. The lowest BCUT2D eigenvalue weighted by Crippen LogP contribution is -2.53. The molecule has 1 aliphatic rings. The number of ether oxygens (including phenoxy) is 3. The number of hydrogen-bond acceptors (Lipinski definition) is 9. The number of methoxy groups -OCH3 is 1. The Morgan fingerprint density at radius 1 is 1.05 bits per heavy atom. The zero-order valence-corrected chi connectivity index (χ0v) is 24.1. The Kier molecular flexibility index (Phi) is 12.6. The standard InChI is InChI=1S/C30H41NO8S/c1-22(32)39-29(17-18-38-21-23-10-5-3-6-11-23)26-16-15-24(20-28(33)30(34)37-2)31-27(26)14-9-19-40(35,36)25-12-7-4-8-13-25/h3-8,10-13,24,26-29,31,33H,9,14-21H2,1-2H3/t24-,26-,27-,28?,29+/m1/s1. The maximum absolute atomic E-state index is 12.9. The van der Waals surface area contributed by atoms with Gasteiger partial charge in [-0.1, -0.05) is 48.5 Å². The lowest BCUT2D eigenvalue weighted by Gasteiger charge is -2.41. The molecule has 40 heavy (non-hydrogen) atoms. The third-order valence-electron chi connectivity index (χ3n) is 7.28. The molecule has 0 bridgehead atoms. The monoisotopic (exact) mass is 575 g/mol. The Balaban J connectivity index is 1.67. The van der Waals surface area contributed by atoms with Crippen LogP contribution in [0.15, 0.2) is 65.6 Å². The van der Waals surface area contributed by atoms with Crippen molar-refractivity contribution in [3.05, 3.63) is 66.2 Å². The molecule has 1 fully saturated rings. The van der Waals surface area contributed by atoms with Crippen LogP contribution in [0.3, 0.4) is 0 Å². The van der Waals surface area contributed by atoms with E-state index >= 15 is 0 Å². The largest absolute Gasteiger partial charge is 0.467 e.